The first-order valence-electron chi connectivity index (χ1n) is 11.9. The van der Waals surface area contributed by atoms with Crippen LogP contribution in [0.5, 0.6) is 5.75 Å². The summed E-state index contributed by atoms with van der Waals surface area (Å²) in [4.78, 5) is 2.29. The summed E-state index contributed by atoms with van der Waals surface area (Å²) in [6.07, 6.45) is -2.60. The van der Waals surface area contributed by atoms with Gasteiger partial charge in [0.05, 0.1) is 25.9 Å². The Bertz CT molecular complexity index is 1130. The molecule has 1 fully saturated rings. The Hall–Kier alpha value is -2.83. The zero-order chi connectivity index (χ0) is 25.1. The van der Waals surface area contributed by atoms with Gasteiger partial charge < -0.3 is 14.4 Å². The van der Waals surface area contributed by atoms with E-state index < -0.39 is 11.7 Å². The Balaban J connectivity index is 1.58. The molecule has 1 heterocycles. The second-order valence-electron chi connectivity index (χ2n) is 9.59. The van der Waals surface area contributed by atoms with Crippen LogP contribution in [0, 0.1) is 6.92 Å². The van der Waals surface area contributed by atoms with Crippen LogP contribution in [0.25, 0.3) is 11.1 Å². The van der Waals surface area contributed by atoms with E-state index in [1.165, 1.54) is 12.1 Å². The van der Waals surface area contributed by atoms with Gasteiger partial charge in [0.15, 0.2) is 0 Å². The molecular formula is C29H32F3NO2. The van der Waals surface area contributed by atoms with Crippen LogP contribution in [0.2, 0.25) is 0 Å². The molecule has 0 atom stereocenters. The van der Waals surface area contributed by atoms with Gasteiger partial charge in [-0.1, -0.05) is 42.0 Å². The van der Waals surface area contributed by atoms with Crippen LogP contribution >= 0.6 is 0 Å². The third-order valence-corrected chi connectivity index (χ3v) is 6.98. The smallest absolute Gasteiger partial charge is 0.416 e. The number of nitrogens with zero attached hydrogens (tertiary/aromatic N) is 1. The number of ether oxygens (including phenoxy) is 2. The van der Waals surface area contributed by atoms with Crippen LogP contribution < -0.4 is 4.74 Å². The first kappa shape index (κ1) is 25.3. The number of rotatable bonds is 7. The third kappa shape index (κ3) is 6.06. The normalized spacial score (nSPS) is 16.3. The molecule has 0 radical (unpaired) electrons. The molecule has 35 heavy (non-hydrogen) atoms. The molecule has 3 aromatic rings. The van der Waals surface area contributed by atoms with E-state index in [0.717, 1.165) is 48.4 Å². The van der Waals surface area contributed by atoms with Crippen molar-refractivity contribution in [2.75, 3.05) is 33.9 Å². The molecule has 3 aromatic carbocycles. The molecule has 0 N–H and O–H groups in total. The topological polar surface area (TPSA) is 21.7 Å². The van der Waals surface area contributed by atoms with Gasteiger partial charge in [-0.2, -0.15) is 13.2 Å². The van der Waals surface area contributed by atoms with Crippen LogP contribution in [0.1, 0.15) is 35.1 Å². The van der Waals surface area contributed by atoms with Crippen LogP contribution in [-0.2, 0) is 22.9 Å². The maximum Gasteiger partial charge on any atom is 0.416 e. The number of hydrogen-bond acceptors (Lipinski definition) is 3. The number of alkyl halides is 3. The Kier molecular flexibility index (Phi) is 7.53. The molecular weight excluding hydrogens is 451 g/mol. The molecule has 4 rings (SSSR count). The van der Waals surface area contributed by atoms with Crippen molar-refractivity contribution in [1.29, 1.82) is 0 Å². The van der Waals surface area contributed by atoms with Crippen LogP contribution in [-0.4, -0.2) is 38.8 Å². The van der Waals surface area contributed by atoms with Gasteiger partial charge in [0, 0.05) is 5.41 Å². The minimum absolute atomic E-state index is 0.115. The molecule has 1 aliphatic heterocycles. The Morgan fingerprint density at radius 3 is 2.29 bits per heavy atom. The third-order valence-electron chi connectivity index (χ3n) is 6.98. The monoisotopic (exact) mass is 483 g/mol. The van der Waals surface area contributed by atoms with Crippen molar-refractivity contribution < 1.29 is 22.6 Å². The number of halogens is 3. The first-order valence-corrected chi connectivity index (χ1v) is 11.9. The quantitative estimate of drug-likeness (QED) is 0.366. The molecule has 0 aliphatic carbocycles. The average Bonchev–Trinajstić information content (AvgIpc) is 2.85. The van der Waals surface area contributed by atoms with E-state index in [4.69, 9.17) is 9.47 Å². The van der Waals surface area contributed by atoms with Crippen molar-refractivity contribution in [3.63, 3.8) is 0 Å². The van der Waals surface area contributed by atoms with Crippen LogP contribution in [0.3, 0.4) is 0 Å². The van der Waals surface area contributed by atoms with Crippen molar-refractivity contribution in [2.45, 2.75) is 38.0 Å². The molecule has 0 amide bonds. The van der Waals surface area contributed by atoms with Gasteiger partial charge in [0.25, 0.3) is 0 Å². The van der Waals surface area contributed by atoms with Gasteiger partial charge in [0.1, 0.15) is 5.75 Å². The molecule has 3 nitrogen and oxygen atoms in total. The number of hydrogen-bond donors (Lipinski definition) is 0. The average molecular weight is 484 g/mol. The molecule has 0 aromatic heterocycles. The highest BCUT2D eigenvalue weighted by Gasteiger charge is 2.36. The zero-order valence-corrected chi connectivity index (χ0v) is 20.5. The van der Waals surface area contributed by atoms with E-state index in [1.54, 1.807) is 13.2 Å². The molecule has 0 unspecified atom stereocenters. The van der Waals surface area contributed by atoms with E-state index in [1.807, 2.05) is 43.3 Å². The minimum Gasteiger partial charge on any atom is -0.497 e. The van der Waals surface area contributed by atoms with E-state index >= 15 is 0 Å². The lowest BCUT2D eigenvalue weighted by Crippen LogP contribution is -2.43. The standard InChI is InChI=1S/C29H32F3NO2/c1-21-7-9-23(10-8-21)24-15-22(16-26(17-24)29(30,31)32)19-35-20-28(11-13-33(2)14-12-28)25-5-4-6-27(18-25)34-3/h4-10,15-18H,11-14,19-20H2,1-3H3. The largest absolute Gasteiger partial charge is 0.497 e. The summed E-state index contributed by atoms with van der Waals surface area (Å²) >= 11 is 0. The Morgan fingerprint density at radius 2 is 1.63 bits per heavy atom. The highest BCUT2D eigenvalue weighted by molar-refractivity contribution is 5.65. The summed E-state index contributed by atoms with van der Waals surface area (Å²) in [7, 11) is 3.75. The van der Waals surface area contributed by atoms with Gasteiger partial charge in [-0.25, -0.2) is 0 Å². The van der Waals surface area contributed by atoms with Crippen LogP contribution in [0.4, 0.5) is 13.2 Å². The number of aryl methyl sites for hydroxylation is 1. The second-order valence-corrected chi connectivity index (χ2v) is 9.59. The number of methoxy groups -OCH3 is 1. The Morgan fingerprint density at radius 1 is 0.914 bits per heavy atom. The van der Waals surface area contributed by atoms with Gasteiger partial charge in [0.2, 0.25) is 0 Å². The van der Waals surface area contributed by atoms with Crippen molar-refractivity contribution >= 4 is 0 Å². The number of piperidine rings is 1. The molecule has 1 aliphatic rings. The molecule has 0 spiro atoms. The first-order chi connectivity index (χ1) is 16.7. The lowest BCUT2D eigenvalue weighted by Gasteiger charge is -2.41. The lowest BCUT2D eigenvalue weighted by molar-refractivity contribution is -0.137. The predicted octanol–water partition coefficient (Wildman–Crippen LogP) is 6.87. The number of likely N-dealkylation sites (tertiary alicyclic amines) is 1. The van der Waals surface area contributed by atoms with Crippen molar-refractivity contribution in [1.82, 2.24) is 4.90 Å². The summed E-state index contributed by atoms with van der Waals surface area (Å²) in [5.74, 6) is 0.793. The molecule has 0 saturated carbocycles. The molecule has 1 saturated heterocycles. The summed E-state index contributed by atoms with van der Waals surface area (Å²) in [5, 5.41) is 0. The van der Waals surface area contributed by atoms with E-state index in [2.05, 4.69) is 24.1 Å². The SMILES string of the molecule is COc1cccc(C2(COCc3cc(-c4ccc(C)cc4)cc(C(F)(F)F)c3)CCN(C)CC2)c1. The lowest BCUT2D eigenvalue weighted by atomic mass is 9.73. The highest BCUT2D eigenvalue weighted by Crippen LogP contribution is 2.38. The maximum atomic E-state index is 13.7. The van der Waals surface area contributed by atoms with E-state index in [-0.39, 0.29) is 12.0 Å². The van der Waals surface area contributed by atoms with Gasteiger partial charge >= 0.3 is 6.18 Å². The molecule has 6 heteroatoms. The minimum atomic E-state index is -4.43. The van der Waals surface area contributed by atoms with Gasteiger partial charge in [-0.3, -0.25) is 0 Å². The fraction of sp³-hybridized carbons (Fsp3) is 0.379. The van der Waals surface area contributed by atoms with Crippen LogP contribution in [0.15, 0.2) is 66.7 Å². The summed E-state index contributed by atoms with van der Waals surface area (Å²) in [6.45, 7) is 4.37. The highest BCUT2D eigenvalue weighted by atomic mass is 19.4. The van der Waals surface area contributed by atoms with Gasteiger partial charge in [-0.05, 0) is 92.5 Å². The second kappa shape index (κ2) is 10.4. The molecule has 0 bridgehead atoms. The van der Waals surface area contributed by atoms with E-state index in [9.17, 15) is 13.2 Å². The zero-order valence-electron chi connectivity index (χ0n) is 20.5. The Labute approximate surface area is 205 Å². The predicted molar refractivity (Wildman–Crippen MR) is 133 cm³/mol. The van der Waals surface area contributed by atoms with E-state index in [0.29, 0.717) is 17.7 Å². The molecule has 186 valence electrons. The maximum absolute atomic E-state index is 13.7. The van der Waals surface area contributed by atoms with Gasteiger partial charge in [-0.15, -0.1) is 0 Å². The fourth-order valence-electron chi connectivity index (χ4n) is 4.73. The summed E-state index contributed by atoms with van der Waals surface area (Å²) in [5.41, 5.74) is 3.16. The fourth-order valence-corrected chi connectivity index (χ4v) is 4.73. The van der Waals surface area contributed by atoms with Crippen molar-refractivity contribution in [3.8, 4) is 16.9 Å². The summed E-state index contributed by atoms with van der Waals surface area (Å²) in [6, 6.07) is 19.8. The van der Waals surface area contributed by atoms with Crippen molar-refractivity contribution in [3.05, 3.63) is 89.0 Å². The number of benzene rings is 3. The summed E-state index contributed by atoms with van der Waals surface area (Å²) < 4.78 is 52.6. The van der Waals surface area contributed by atoms with Crippen molar-refractivity contribution in [2.24, 2.45) is 0 Å².